The number of hydrogen-bond donors (Lipinski definition) is 1. The van der Waals surface area contributed by atoms with E-state index in [1.807, 2.05) is 63.2 Å². The normalized spacial score (nSPS) is 10.7. The van der Waals surface area contributed by atoms with E-state index in [2.05, 4.69) is 10.2 Å². The lowest BCUT2D eigenvalue weighted by atomic mass is 10.1. The van der Waals surface area contributed by atoms with Gasteiger partial charge in [0.1, 0.15) is 6.54 Å². The van der Waals surface area contributed by atoms with Gasteiger partial charge < -0.3 is 14.4 Å². The number of carbonyl (C=O) groups excluding carboxylic acids is 1. The highest BCUT2D eigenvalue weighted by Gasteiger charge is 2.18. The largest absolute Gasteiger partial charge is 0.493 e. The second-order valence-electron chi connectivity index (χ2n) is 7.13. The first kappa shape index (κ1) is 22.6. The number of rotatable bonds is 9. The van der Waals surface area contributed by atoms with E-state index < -0.39 is 0 Å². The van der Waals surface area contributed by atoms with Gasteiger partial charge in [0.25, 0.3) is 0 Å². The fourth-order valence-corrected chi connectivity index (χ4v) is 3.50. The Balaban J connectivity index is 1.79. The minimum absolute atomic E-state index is 0.0405. The Kier molecular flexibility index (Phi) is 7.46. The number of nitrogens with one attached hydrogen (secondary N) is 1. The second-order valence-corrected chi connectivity index (χ2v) is 7.52. The van der Waals surface area contributed by atoms with Crippen molar-refractivity contribution in [3.8, 4) is 22.9 Å². The number of benzene rings is 2. The van der Waals surface area contributed by atoms with Crippen molar-refractivity contribution in [1.82, 2.24) is 19.7 Å². The first-order valence-electron chi connectivity index (χ1n) is 10.3. The van der Waals surface area contributed by atoms with Crippen LogP contribution in [0.2, 0.25) is 0 Å². The van der Waals surface area contributed by atoms with Gasteiger partial charge in [-0.25, -0.2) is 0 Å². The number of aromatic nitrogens is 3. The highest BCUT2D eigenvalue weighted by molar-refractivity contribution is 7.71. The third-order valence-corrected chi connectivity index (χ3v) is 5.31. The van der Waals surface area contributed by atoms with Crippen molar-refractivity contribution < 1.29 is 14.3 Å². The van der Waals surface area contributed by atoms with E-state index in [0.717, 1.165) is 16.7 Å². The molecule has 31 heavy (non-hydrogen) atoms. The quantitative estimate of drug-likeness (QED) is 0.500. The Hall–Kier alpha value is -3.13. The number of aromatic amines is 1. The van der Waals surface area contributed by atoms with Crippen molar-refractivity contribution in [3.05, 3.63) is 58.4 Å². The van der Waals surface area contributed by atoms with Gasteiger partial charge in [0.15, 0.2) is 22.1 Å². The lowest BCUT2D eigenvalue weighted by molar-refractivity contribution is -0.132. The minimum Gasteiger partial charge on any atom is -0.493 e. The van der Waals surface area contributed by atoms with Crippen molar-refractivity contribution in [2.75, 3.05) is 20.3 Å². The van der Waals surface area contributed by atoms with Gasteiger partial charge in [0.05, 0.1) is 13.7 Å². The van der Waals surface area contributed by atoms with E-state index in [9.17, 15) is 4.79 Å². The van der Waals surface area contributed by atoms with Gasteiger partial charge in [-0.15, -0.1) is 0 Å². The van der Waals surface area contributed by atoms with Gasteiger partial charge in [-0.05, 0) is 50.7 Å². The molecule has 2 aromatic carbocycles. The molecule has 0 saturated carbocycles. The van der Waals surface area contributed by atoms with E-state index in [-0.39, 0.29) is 12.5 Å². The Morgan fingerprint density at radius 3 is 2.55 bits per heavy atom. The second kappa shape index (κ2) is 10.3. The molecule has 1 heterocycles. The predicted molar refractivity (Wildman–Crippen MR) is 123 cm³/mol. The molecule has 0 bridgehead atoms. The number of ether oxygens (including phenoxy) is 2. The van der Waals surface area contributed by atoms with E-state index in [4.69, 9.17) is 21.7 Å². The Labute approximate surface area is 187 Å². The molecule has 7 nitrogen and oxygen atoms in total. The number of H-pyrrole nitrogens is 1. The Morgan fingerprint density at radius 1 is 1.16 bits per heavy atom. The van der Waals surface area contributed by atoms with Gasteiger partial charge in [0.2, 0.25) is 5.91 Å². The van der Waals surface area contributed by atoms with Crippen LogP contribution in [0.15, 0.2) is 42.5 Å². The van der Waals surface area contributed by atoms with E-state index >= 15 is 0 Å². The van der Waals surface area contributed by atoms with Crippen LogP contribution in [0.5, 0.6) is 11.5 Å². The summed E-state index contributed by atoms with van der Waals surface area (Å²) in [6.07, 6.45) is 0. The number of carbonyl (C=O) groups is 1. The van der Waals surface area contributed by atoms with Crippen molar-refractivity contribution in [2.45, 2.75) is 33.9 Å². The Bertz CT molecular complexity index is 1090. The summed E-state index contributed by atoms with van der Waals surface area (Å²) in [5, 5.41) is 7.14. The summed E-state index contributed by atoms with van der Waals surface area (Å²) in [6.45, 7) is 7.61. The number of methoxy groups -OCH3 is 1. The van der Waals surface area contributed by atoms with Crippen molar-refractivity contribution in [3.63, 3.8) is 0 Å². The molecule has 0 aliphatic rings. The molecule has 0 radical (unpaired) electrons. The molecule has 0 spiro atoms. The summed E-state index contributed by atoms with van der Waals surface area (Å²) < 4.78 is 13.2. The van der Waals surface area contributed by atoms with Crippen molar-refractivity contribution in [1.29, 1.82) is 0 Å². The molecule has 0 saturated heterocycles. The van der Waals surface area contributed by atoms with Crippen molar-refractivity contribution in [2.24, 2.45) is 0 Å². The first-order chi connectivity index (χ1) is 15.0. The third kappa shape index (κ3) is 5.32. The van der Waals surface area contributed by atoms with Crippen LogP contribution in [0.4, 0.5) is 0 Å². The molecule has 8 heteroatoms. The number of nitrogens with zero attached hydrogens (tertiary/aromatic N) is 3. The van der Waals surface area contributed by atoms with Gasteiger partial charge in [-0.2, -0.15) is 5.10 Å². The average Bonchev–Trinajstić information content (AvgIpc) is 3.13. The average molecular weight is 441 g/mol. The smallest absolute Gasteiger partial charge is 0.242 e. The zero-order chi connectivity index (χ0) is 22.4. The molecular weight excluding hydrogens is 412 g/mol. The van der Waals surface area contributed by atoms with Crippen LogP contribution in [0.1, 0.15) is 25.0 Å². The number of hydrogen-bond acceptors (Lipinski definition) is 5. The van der Waals surface area contributed by atoms with Crippen LogP contribution in [0.3, 0.4) is 0 Å². The fourth-order valence-electron chi connectivity index (χ4n) is 3.30. The van der Waals surface area contributed by atoms with E-state index in [0.29, 0.717) is 41.8 Å². The summed E-state index contributed by atoms with van der Waals surface area (Å²) in [5.74, 6) is 1.95. The monoisotopic (exact) mass is 440 g/mol. The molecule has 0 atom stereocenters. The highest BCUT2D eigenvalue weighted by atomic mass is 32.1. The van der Waals surface area contributed by atoms with Crippen LogP contribution in [-0.4, -0.2) is 45.8 Å². The lowest BCUT2D eigenvalue weighted by Crippen LogP contribution is -2.33. The van der Waals surface area contributed by atoms with Crippen molar-refractivity contribution >= 4 is 18.1 Å². The topological polar surface area (TPSA) is 72.4 Å². The number of amides is 1. The summed E-state index contributed by atoms with van der Waals surface area (Å²) in [4.78, 5) is 14.9. The van der Waals surface area contributed by atoms with Crippen LogP contribution < -0.4 is 9.47 Å². The molecule has 0 aliphatic carbocycles. The zero-order valence-electron chi connectivity index (χ0n) is 18.3. The standard InChI is InChI=1S/C23H28N4O3S/c1-5-26(14-17-9-12-19(30-6-2)20(13-17)29-4)21(28)15-27-22(24-25-23(27)31)18-10-7-16(3)8-11-18/h7-13H,5-6,14-15H2,1-4H3,(H,25,31). The molecule has 1 N–H and O–H groups in total. The maximum absolute atomic E-state index is 13.1. The fraction of sp³-hybridized carbons (Fsp3) is 0.348. The molecule has 1 amide bonds. The van der Waals surface area contributed by atoms with Gasteiger partial charge >= 0.3 is 0 Å². The van der Waals surface area contributed by atoms with Crippen LogP contribution in [0, 0.1) is 11.7 Å². The SMILES string of the molecule is CCOc1ccc(CN(CC)C(=O)Cn2c(-c3ccc(C)cc3)n[nH]c2=S)cc1OC. The zero-order valence-corrected chi connectivity index (χ0v) is 19.2. The molecule has 0 aliphatic heterocycles. The molecule has 1 aromatic heterocycles. The van der Waals surface area contributed by atoms with Gasteiger partial charge in [-0.3, -0.25) is 14.5 Å². The van der Waals surface area contributed by atoms with Crippen LogP contribution in [0.25, 0.3) is 11.4 Å². The van der Waals surface area contributed by atoms with E-state index in [1.165, 1.54) is 0 Å². The molecule has 3 aromatic rings. The number of aryl methyl sites for hydroxylation is 1. The maximum Gasteiger partial charge on any atom is 0.242 e. The third-order valence-electron chi connectivity index (χ3n) is 5.00. The lowest BCUT2D eigenvalue weighted by Gasteiger charge is -2.22. The highest BCUT2D eigenvalue weighted by Crippen LogP contribution is 2.28. The minimum atomic E-state index is -0.0405. The van der Waals surface area contributed by atoms with Crippen LogP contribution in [-0.2, 0) is 17.9 Å². The molecule has 0 fully saturated rings. The molecule has 164 valence electrons. The van der Waals surface area contributed by atoms with Gasteiger partial charge in [-0.1, -0.05) is 35.9 Å². The molecule has 0 unspecified atom stereocenters. The van der Waals surface area contributed by atoms with Crippen LogP contribution >= 0.6 is 12.2 Å². The predicted octanol–water partition coefficient (Wildman–Crippen LogP) is 4.37. The molecular formula is C23H28N4O3S. The summed E-state index contributed by atoms with van der Waals surface area (Å²) >= 11 is 5.39. The summed E-state index contributed by atoms with van der Waals surface area (Å²) in [6, 6.07) is 13.7. The number of likely N-dealkylation sites (N-methyl/N-ethyl adjacent to an activating group) is 1. The molecule has 3 rings (SSSR count). The van der Waals surface area contributed by atoms with E-state index in [1.54, 1.807) is 16.6 Å². The van der Waals surface area contributed by atoms with Gasteiger partial charge in [0, 0.05) is 18.7 Å². The Morgan fingerprint density at radius 2 is 1.90 bits per heavy atom. The summed E-state index contributed by atoms with van der Waals surface area (Å²) in [7, 11) is 1.61. The maximum atomic E-state index is 13.1. The summed E-state index contributed by atoms with van der Waals surface area (Å²) in [5.41, 5.74) is 3.03. The first-order valence-corrected chi connectivity index (χ1v) is 10.7.